The van der Waals surface area contributed by atoms with Crippen LogP contribution in [0.3, 0.4) is 0 Å². The molecule has 0 aliphatic heterocycles. The molecule has 3 aromatic carbocycles. The van der Waals surface area contributed by atoms with Crippen molar-refractivity contribution in [1.29, 1.82) is 0 Å². The van der Waals surface area contributed by atoms with Crippen LogP contribution in [0.5, 0.6) is 0 Å². The Hall–Kier alpha value is -2.59. The van der Waals surface area contributed by atoms with Gasteiger partial charge in [-0.15, -0.1) is 0 Å². The quantitative estimate of drug-likeness (QED) is 0.454. The molecule has 0 aliphatic carbocycles. The van der Waals surface area contributed by atoms with Crippen LogP contribution in [0.25, 0.3) is 0 Å². The van der Waals surface area contributed by atoms with Crippen molar-refractivity contribution in [2.45, 2.75) is 22.8 Å². The normalized spacial score (nSPS) is 12.7. The lowest BCUT2D eigenvalue weighted by molar-refractivity contribution is -0.120. The number of anilines is 1. The van der Waals surface area contributed by atoms with Gasteiger partial charge in [-0.3, -0.25) is 9.10 Å². The lowest BCUT2D eigenvalue weighted by Crippen LogP contribution is -2.41. The molecule has 11 heteroatoms. The summed E-state index contributed by atoms with van der Waals surface area (Å²) in [5.41, 5.74) is 0.720. The maximum atomic E-state index is 13.4. The molecule has 1 amide bonds. The number of sulfonamides is 1. The summed E-state index contributed by atoms with van der Waals surface area (Å²) >= 11 is 12.4. The molecular formula is C23H22Cl2N2O5S2. The first-order valence-corrected chi connectivity index (χ1v) is 14.1. The first-order valence-electron chi connectivity index (χ1n) is 10.0. The van der Waals surface area contributed by atoms with Gasteiger partial charge < -0.3 is 5.32 Å². The van der Waals surface area contributed by atoms with Crippen molar-refractivity contribution in [3.8, 4) is 0 Å². The minimum absolute atomic E-state index is 0.000819. The van der Waals surface area contributed by atoms with Crippen molar-refractivity contribution in [2.75, 3.05) is 17.1 Å². The summed E-state index contributed by atoms with van der Waals surface area (Å²) in [7, 11) is -7.50. The molecule has 180 valence electrons. The average molecular weight is 541 g/mol. The van der Waals surface area contributed by atoms with Crippen molar-refractivity contribution in [3.05, 3.63) is 88.4 Å². The van der Waals surface area contributed by atoms with Gasteiger partial charge in [-0.2, -0.15) is 0 Å². The largest absolute Gasteiger partial charge is 0.348 e. The zero-order chi connectivity index (χ0) is 25.1. The highest BCUT2D eigenvalue weighted by molar-refractivity contribution is 7.93. The van der Waals surface area contributed by atoms with Crippen LogP contribution in [0.4, 0.5) is 5.69 Å². The van der Waals surface area contributed by atoms with Gasteiger partial charge in [0.15, 0.2) is 9.84 Å². The van der Waals surface area contributed by atoms with E-state index in [1.807, 2.05) is 0 Å². The maximum absolute atomic E-state index is 13.4. The minimum atomic E-state index is -4.15. The van der Waals surface area contributed by atoms with E-state index in [0.29, 0.717) is 5.56 Å². The van der Waals surface area contributed by atoms with E-state index < -0.39 is 38.4 Å². The lowest BCUT2D eigenvalue weighted by atomic mass is 10.1. The number of nitrogens with one attached hydrogen (secondary N) is 1. The van der Waals surface area contributed by atoms with E-state index in [1.165, 1.54) is 36.4 Å². The number of benzene rings is 3. The molecular weight excluding hydrogens is 519 g/mol. The number of amides is 1. The first-order chi connectivity index (χ1) is 15.9. The molecule has 3 rings (SSSR count). The van der Waals surface area contributed by atoms with Gasteiger partial charge in [0.25, 0.3) is 10.0 Å². The predicted molar refractivity (Wildman–Crippen MR) is 134 cm³/mol. The number of hydrogen-bond donors (Lipinski definition) is 1. The number of rotatable bonds is 8. The second kappa shape index (κ2) is 10.4. The number of carbonyl (C=O) groups excluding carboxylic acids is 1. The molecule has 0 aliphatic rings. The van der Waals surface area contributed by atoms with E-state index in [-0.39, 0.29) is 25.5 Å². The topological polar surface area (TPSA) is 101 Å². The summed E-state index contributed by atoms with van der Waals surface area (Å²) in [5.74, 6) is -0.588. The fraction of sp³-hybridized carbons (Fsp3) is 0.174. The van der Waals surface area contributed by atoms with Gasteiger partial charge >= 0.3 is 0 Å². The van der Waals surface area contributed by atoms with E-state index in [0.717, 1.165) is 10.6 Å². The zero-order valence-electron chi connectivity index (χ0n) is 18.3. The molecule has 0 saturated carbocycles. The van der Waals surface area contributed by atoms with E-state index in [1.54, 1.807) is 43.3 Å². The number of carbonyl (C=O) groups is 1. The van der Waals surface area contributed by atoms with Gasteiger partial charge in [0.2, 0.25) is 5.91 Å². The molecule has 0 bridgehead atoms. The Morgan fingerprint density at radius 3 is 2.09 bits per heavy atom. The van der Waals surface area contributed by atoms with Gasteiger partial charge in [-0.25, -0.2) is 16.8 Å². The molecule has 0 unspecified atom stereocenters. The molecule has 1 atom stereocenters. The monoisotopic (exact) mass is 540 g/mol. The van der Waals surface area contributed by atoms with Crippen molar-refractivity contribution in [3.63, 3.8) is 0 Å². The minimum Gasteiger partial charge on any atom is -0.348 e. The standard InChI is InChI=1S/C23H22Cl2N2O5S2/c1-16(17-11-13-18(14-12-17)33(2,29)30)26-22(28)15-27(21-10-6-9-20(24)23(21)25)34(31,32)19-7-4-3-5-8-19/h3-14,16H,15H2,1-2H3,(H,26,28)/t16-/m1/s1. The molecule has 7 nitrogen and oxygen atoms in total. The van der Waals surface area contributed by atoms with E-state index in [4.69, 9.17) is 23.2 Å². The number of nitrogens with zero attached hydrogens (tertiary/aromatic N) is 1. The van der Waals surface area contributed by atoms with Crippen LogP contribution in [0.15, 0.2) is 82.6 Å². The van der Waals surface area contributed by atoms with Gasteiger partial charge in [-0.05, 0) is 48.9 Å². The van der Waals surface area contributed by atoms with Crippen LogP contribution in [-0.2, 0) is 24.7 Å². The molecule has 0 spiro atoms. The lowest BCUT2D eigenvalue weighted by Gasteiger charge is -2.26. The van der Waals surface area contributed by atoms with Crippen molar-refractivity contribution >= 4 is 54.7 Å². The second-order valence-corrected chi connectivity index (χ2v) is 12.2. The first kappa shape index (κ1) is 26.0. The SMILES string of the molecule is C[C@@H](NC(=O)CN(c1cccc(Cl)c1Cl)S(=O)(=O)c1ccccc1)c1ccc(S(C)(=O)=O)cc1. The van der Waals surface area contributed by atoms with Gasteiger partial charge in [0, 0.05) is 6.26 Å². The smallest absolute Gasteiger partial charge is 0.264 e. The highest BCUT2D eigenvalue weighted by atomic mass is 35.5. The molecule has 0 heterocycles. The third-order valence-electron chi connectivity index (χ3n) is 5.00. The fourth-order valence-corrected chi connectivity index (χ4v) is 5.74. The Kier molecular flexibility index (Phi) is 7.92. The van der Waals surface area contributed by atoms with Crippen LogP contribution < -0.4 is 9.62 Å². The summed E-state index contributed by atoms with van der Waals surface area (Å²) in [6.07, 6.45) is 1.11. The highest BCUT2D eigenvalue weighted by Gasteiger charge is 2.29. The molecule has 0 aromatic heterocycles. The van der Waals surface area contributed by atoms with Crippen molar-refractivity contribution < 1.29 is 21.6 Å². The van der Waals surface area contributed by atoms with Crippen LogP contribution in [0.2, 0.25) is 10.0 Å². The summed E-state index contributed by atoms with van der Waals surface area (Å²) in [5, 5.41) is 2.89. The molecule has 0 fully saturated rings. The van der Waals surface area contributed by atoms with Crippen molar-refractivity contribution in [2.24, 2.45) is 0 Å². The summed E-state index contributed by atoms with van der Waals surface area (Å²) in [6, 6.07) is 17.8. The van der Waals surface area contributed by atoms with E-state index >= 15 is 0 Å². The summed E-state index contributed by atoms with van der Waals surface area (Å²) in [4.78, 5) is 13.1. The fourth-order valence-electron chi connectivity index (χ4n) is 3.21. The molecule has 1 N–H and O–H groups in total. The highest BCUT2D eigenvalue weighted by Crippen LogP contribution is 2.35. The summed E-state index contributed by atoms with van der Waals surface area (Å²) in [6.45, 7) is 1.15. The maximum Gasteiger partial charge on any atom is 0.264 e. The number of halogens is 2. The number of hydrogen-bond acceptors (Lipinski definition) is 5. The van der Waals surface area contributed by atoms with E-state index in [9.17, 15) is 21.6 Å². The van der Waals surface area contributed by atoms with Crippen LogP contribution >= 0.6 is 23.2 Å². The van der Waals surface area contributed by atoms with Crippen LogP contribution in [-0.4, -0.2) is 35.5 Å². The average Bonchev–Trinajstić information content (AvgIpc) is 2.79. The molecule has 0 radical (unpaired) electrons. The van der Waals surface area contributed by atoms with E-state index in [2.05, 4.69) is 5.32 Å². The predicted octanol–water partition coefficient (Wildman–Crippen LogP) is 4.47. The van der Waals surface area contributed by atoms with Crippen LogP contribution in [0.1, 0.15) is 18.5 Å². The Bertz CT molecular complexity index is 1400. The Labute approximate surface area is 209 Å². The van der Waals surface area contributed by atoms with Gasteiger partial charge in [0.1, 0.15) is 6.54 Å². The second-order valence-electron chi connectivity index (χ2n) is 7.53. The molecule has 34 heavy (non-hydrogen) atoms. The molecule has 3 aromatic rings. The third-order valence-corrected chi connectivity index (χ3v) is 8.72. The Morgan fingerprint density at radius 1 is 0.882 bits per heavy atom. The van der Waals surface area contributed by atoms with Gasteiger partial charge in [-0.1, -0.05) is 59.6 Å². The van der Waals surface area contributed by atoms with Crippen LogP contribution in [0, 0.1) is 0 Å². The number of sulfone groups is 1. The Balaban J connectivity index is 1.89. The van der Waals surface area contributed by atoms with Crippen molar-refractivity contribution in [1.82, 2.24) is 5.32 Å². The van der Waals surface area contributed by atoms with Gasteiger partial charge in [0.05, 0.1) is 31.6 Å². The zero-order valence-corrected chi connectivity index (χ0v) is 21.4. The molecule has 0 saturated heterocycles. The third kappa shape index (κ3) is 5.90. The Morgan fingerprint density at radius 2 is 1.50 bits per heavy atom. The summed E-state index contributed by atoms with van der Waals surface area (Å²) < 4.78 is 51.0.